The molecule has 0 aromatic heterocycles. The van der Waals surface area contributed by atoms with Gasteiger partial charge < -0.3 is 28.4 Å². The van der Waals surface area contributed by atoms with E-state index in [-0.39, 0.29) is 13.2 Å². The first-order valence-corrected chi connectivity index (χ1v) is 18.0. The lowest BCUT2D eigenvalue weighted by molar-refractivity contribution is -0.361. The molecule has 0 aliphatic carbocycles. The van der Waals surface area contributed by atoms with Crippen LogP contribution >= 0.6 is 34.8 Å². The average molecular weight is 629 g/mol. The van der Waals surface area contributed by atoms with Crippen molar-refractivity contribution in [3.05, 3.63) is 83.9 Å². The summed E-state index contributed by atoms with van der Waals surface area (Å²) in [5.74, 6) is -0.586. The van der Waals surface area contributed by atoms with Gasteiger partial charge in [-0.15, -0.1) is 0 Å². The molecule has 2 aromatic carbocycles. The van der Waals surface area contributed by atoms with E-state index in [2.05, 4.69) is 26.2 Å². The molecule has 2 aliphatic rings. The van der Waals surface area contributed by atoms with E-state index in [4.69, 9.17) is 68.6 Å². The lowest BCUT2D eigenvalue weighted by Crippen LogP contribution is -2.64. The molecule has 218 valence electrons. The molecule has 40 heavy (non-hydrogen) atoms. The Morgan fingerprint density at radius 1 is 0.975 bits per heavy atom. The highest BCUT2D eigenvalue weighted by Crippen LogP contribution is 2.38. The summed E-state index contributed by atoms with van der Waals surface area (Å²) < 4.78 is 35.3. The second-order valence-corrected chi connectivity index (χ2v) is 18.9. The van der Waals surface area contributed by atoms with E-state index in [9.17, 15) is 0 Å². The molecule has 2 aliphatic heterocycles. The van der Waals surface area contributed by atoms with E-state index < -0.39 is 54.8 Å². The second-order valence-electron chi connectivity index (χ2n) is 11.2. The van der Waals surface area contributed by atoms with Gasteiger partial charge in [0.05, 0.1) is 19.8 Å². The summed E-state index contributed by atoms with van der Waals surface area (Å²) in [6.45, 7) is 11.8. The van der Waals surface area contributed by atoms with Crippen LogP contribution in [0.4, 0.5) is 0 Å². The van der Waals surface area contributed by atoms with Gasteiger partial charge in [0, 0.05) is 13.6 Å². The van der Waals surface area contributed by atoms with Gasteiger partial charge in [-0.25, -0.2) is 0 Å². The lowest BCUT2D eigenvalue weighted by atomic mass is 9.97. The van der Waals surface area contributed by atoms with Crippen molar-refractivity contribution in [3.8, 4) is 0 Å². The number of hydrogen-bond acceptors (Lipinski definition) is 7. The molecule has 1 unspecified atom stereocenters. The number of benzene rings is 2. The van der Waals surface area contributed by atoms with Crippen LogP contribution in [0, 0.1) is 5.41 Å². The topological polar surface area (TPSA) is 79.2 Å². The third kappa shape index (κ3) is 8.77. The molecule has 2 aromatic rings. The highest BCUT2D eigenvalue weighted by Gasteiger charge is 2.53. The van der Waals surface area contributed by atoms with Crippen LogP contribution in [0.25, 0.3) is 0 Å². The molecular weight excluding hydrogens is 593 g/mol. The molecule has 4 rings (SSSR count). The second kappa shape index (κ2) is 13.7. The van der Waals surface area contributed by atoms with Crippen molar-refractivity contribution in [2.45, 2.75) is 73.1 Å². The SMILES string of the molecule is C=C(CO[C@H]1[C@H](OC(=N)C(Cl)(Cl)Cl)O[C@@H]2COC(c3ccccc3)O[C@H]2[C@@H]1OCc1ccccc1)C[Si](C)(C)C. The zero-order valence-corrected chi connectivity index (χ0v) is 26.1. The van der Waals surface area contributed by atoms with E-state index in [1.807, 2.05) is 60.7 Å². The van der Waals surface area contributed by atoms with Crippen LogP contribution < -0.4 is 0 Å². The zero-order valence-electron chi connectivity index (χ0n) is 22.9. The van der Waals surface area contributed by atoms with Gasteiger partial charge in [0.2, 0.25) is 12.2 Å². The molecular formula is C29H36Cl3NO6Si. The van der Waals surface area contributed by atoms with Crippen molar-refractivity contribution >= 4 is 48.8 Å². The number of halogens is 3. The van der Waals surface area contributed by atoms with Crippen molar-refractivity contribution in [3.63, 3.8) is 0 Å². The monoisotopic (exact) mass is 627 g/mol. The third-order valence-corrected chi connectivity index (χ3v) is 8.47. The molecule has 2 saturated heterocycles. The molecule has 1 N–H and O–H groups in total. The maximum atomic E-state index is 8.21. The van der Waals surface area contributed by atoms with Crippen molar-refractivity contribution in [2.75, 3.05) is 13.2 Å². The van der Waals surface area contributed by atoms with Gasteiger partial charge >= 0.3 is 0 Å². The third-order valence-electron chi connectivity index (χ3n) is 6.39. The van der Waals surface area contributed by atoms with Crippen LogP contribution in [0.2, 0.25) is 25.7 Å². The highest BCUT2D eigenvalue weighted by atomic mass is 35.6. The Balaban J connectivity index is 1.62. The Kier molecular flexibility index (Phi) is 10.8. The van der Waals surface area contributed by atoms with Gasteiger partial charge in [-0.2, -0.15) is 0 Å². The summed E-state index contributed by atoms with van der Waals surface area (Å²) in [7, 11) is -1.43. The number of ether oxygens (including phenoxy) is 6. The standard InChI is InChI=1S/C29H36Cl3NO6Si/c1-19(18-40(2,3)4)15-34-25-24(35-16-20-11-7-5-8-12-20)23-22(37-27(25)39-28(33)29(30,31)32)17-36-26(38-23)21-13-9-6-10-14-21/h5-14,22-27,33H,1,15-18H2,2-4H3/t22-,23-,24+,25-,26?,27+/m1/s1. The summed E-state index contributed by atoms with van der Waals surface area (Å²) in [6.07, 6.45) is -4.38. The van der Waals surface area contributed by atoms with Gasteiger partial charge in [0.15, 0.2) is 6.29 Å². The van der Waals surface area contributed by atoms with Crippen LogP contribution in [0.5, 0.6) is 0 Å². The minimum atomic E-state index is -2.08. The first-order chi connectivity index (χ1) is 18.9. The molecule has 0 radical (unpaired) electrons. The average Bonchev–Trinajstić information content (AvgIpc) is 2.90. The maximum Gasteiger partial charge on any atom is 0.265 e. The van der Waals surface area contributed by atoms with E-state index in [0.717, 1.165) is 22.7 Å². The minimum absolute atomic E-state index is 0.200. The largest absolute Gasteiger partial charge is 0.445 e. The summed E-state index contributed by atoms with van der Waals surface area (Å²) in [6, 6.07) is 20.4. The Hall–Kier alpha value is -1.46. The molecule has 7 nitrogen and oxygen atoms in total. The van der Waals surface area contributed by atoms with Crippen molar-refractivity contribution in [1.82, 2.24) is 0 Å². The smallest absolute Gasteiger partial charge is 0.265 e. The van der Waals surface area contributed by atoms with Gasteiger partial charge in [0.25, 0.3) is 3.79 Å². The quantitative estimate of drug-likeness (QED) is 0.0998. The Labute approximate surface area is 252 Å². The Bertz CT molecular complexity index is 1130. The van der Waals surface area contributed by atoms with Crippen LogP contribution in [0.3, 0.4) is 0 Å². The van der Waals surface area contributed by atoms with Gasteiger partial charge in [-0.1, -0.05) is 127 Å². The van der Waals surface area contributed by atoms with Gasteiger partial charge in [-0.3, -0.25) is 5.41 Å². The molecule has 0 amide bonds. The predicted octanol–water partition coefficient (Wildman–Crippen LogP) is 7.05. The number of rotatable bonds is 10. The van der Waals surface area contributed by atoms with Gasteiger partial charge in [0.1, 0.15) is 24.4 Å². The number of nitrogens with one attached hydrogen (secondary N) is 1. The summed E-state index contributed by atoms with van der Waals surface area (Å²) >= 11 is 17.8. The molecule has 0 spiro atoms. The molecule has 2 heterocycles. The molecule has 0 bridgehead atoms. The fraction of sp³-hybridized carbons (Fsp3) is 0.483. The highest BCUT2D eigenvalue weighted by molar-refractivity contribution is 6.76. The molecule has 2 fully saturated rings. The Morgan fingerprint density at radius 2 is 1.62 bits per heavy atom. The van der Waals surface area contributed by atoms with E-state index >= 15 is 0 Å². The van der Waals surface area contributed by atoms with Crippen LogP contribution in [-0.2, 0) is 35.0 Å². The molecule has 6 atom stereocenters. The van der Waals surface area contributed by atoms with E-state index in [1.54, 1.807) is 0 Å². The van der Waals surface area contributed by atoms with Crippen LogP contribution in [0.1, 0.15) is 17.4 Å². The number of hydrogen-bond donors (Lipinski definition) is 1. The van der Waals surface area contributed by atoms with Gasteiger partial charge in [-0.05, 0) is 11.6 Å². The van der Waals surface area contributed by atoms with Crippen molar-refractivity contribution in [2.24, 2.45) is 0 Å². The van der Waals surface area contributed by atoms with Crippen LogP contribution in [-0.4, -0.2) is 61.7 Å². The zero-order chi connectivity index (χ0) is 28.9. The molecule has 11 heteroatoms. The first-order valence-electron chi connectivity index (χ1n) is 13.1. The summed E-state index contributed by atoms with van der Waals surface area (Å²) in [5, 5.41) is 8.21. The fourth-order valence-corrected chi connectivity index (χ4v) is 6.49. The van der Waals surface area contributed by atoms with E-state index in [1.165, 1.54) is 0 Å². The molecule has 0 saturated carbocycles. The summed E-state index contributed by atoms with van der Waals surface area (Å²) in [4.78, 5) is 0. The normalized spacial score (nSPS) is 27.1. The minimum Gasteiger partial charge on any atom is -0.445 e. The fourth-order valence-electron chi connectivity index (χ4n) is 4.75. The Morgan fingerprint density at radius 3 is 2.25 bits per heavy atom. The first kappa shape index (κ1) is 31.5. The number of alkyl halides is 3. The summed E-state index contributed by atoms with van der Waals surface area (Å²) in [5.41, 5.74) is 2.80. The van der Waals surface area contributed by atoms with Crippen molar-refractivity contribution in [1.29, 1.82) is 5.41 Å². The lowest BCUT2D eigenvalue weighted by Gasteiger charge is -2.49. The van der Waals surface area contributed by atoms with E-state index in [0.29, 0.717) is 6.61 Å². The number of fused-ring (bicyclic) bond motifs is 1. The predicted molar refractivity (Wildman–Crippen MR) is 160 cm³/mol. The maximum absolute atomic E-state index is 8.21. The van der Waals surface area contributed by atoms with Crippen molar-refractivity contribution < 1.29 is 28.4 Å². The van der Waals surface area contributed by atoms with Crippen LogP contribution in [0.15, 0.2) is 72.8 Å².